The summed E-state index contributed by atoms with van der Waals surface area (Å²) in [5, 5.41) is 11.5. The van der Waals surface area contributed by atoms with Gasteiger partial charge in [-0.1, -0.05) is 18.2 Å². The summed E-state index contributed by atoms with van der Waals surface area (Å²) in [4.78, 5) is 15.7. The molecule has 0 atom stereocenters. The molecule has 3 aromatic rings. The zero-order valence-electron chi connectivity index (χ0n) is 11.9. The van der Waals surface area contributed by atoms with Crippen molar-refractivity contribution in [3.8, 4) is 5.69 Å². The summed E-state index contributed by atoms with van der Waals surface area (Å²) in [6.45, 7) is 0. The van der Waals surface area contributed by atoms with Gasteiger partial charge >= 0.3 is 0 Å². The van der Waals surface area contributed by atoms with E-state index in [1.807, 2.05) is 28.8 Å². The van der Waals surface area contributed by atoms with Crippen LogP contribution < -0.4 is 11.1 Å². The van der Waals surface area contributed by atoms with Gasteiger partial charge in [0.15, 0.2) is 5.96 Å². The molecule has 0 aliphatic rings. The Morgan fingerprint density at radius 2 is 2.14 bits per heavy atom. The first-order valence-corrected chi connectivity index (χ1v) is 6.61. The molecule has 3 N–H and O–H groups in total. The van der Waals surface area contributed by atoms with Crippen molar-refractivity contribution in [1.82, 2.24) is 20.1 Å². The van der Waals surface area contributed by atoms with Crippen LogP contribution in [0.3, 0.4) is 0 Å². The van der Waals surface area contributed by atoms with Gasteiger partial charge in [0.25, 0.3) is 5.91 Å². The topological polar surface area (TPSA) is 98.2 Å². The van der Waals surface area contributed by atoms with Gasteiger partial charge in [0.2, 0.25) is 0 Å². The third kappa shape index (κ3) is 2.51. The highest BCUT2D eigenvalue weighted by molar-refractivity contribution is 6.05. The molecule has 2 aromatic heterocycles. The summed E-state index contributed by atoms with van der Waals surface area (Å²) in [7, 11) is 1.51. The fourth-order valence-electron chi connectivity index (χ4n) is 2.12. The molecule has 0 bridgehead atoms. The van der Waals surface area contributed by atoms with E-state index in [1.54, 1.807) is 24.7 Å². The molecular weight excluding hydrogens is 280 g/mol. The van der Waals surface area contributed by atoms with Gasteiger partial charge in [-0.25, -0.2) is 0 Å². The molecule has 110 valence electrons. The number of fused-ring (bicyclic) bond motifs is 1. The van der Waals surface area contributed by atoms with Gasteiger partial charge in [-0.15, -0.1) is 0 Å². The second kappa shape index (κ2) is 5.65. The maximum absolute atomic E-state index is 12.0. The second-order valence-corrected chi connectivity index (χ2v) is 4.62. The number of hydrogen-bond acceptors (Lipinski definition) is 4. The van der Waals surface area contributed by atoms with Crippen molar-refractivity contribution in [2.45, 2.75) is 0 Å². The molecule has 0 fully saturated rings. The maximum Gasteiger partial charge on any atom is 0.259 e. The van der Waals surface area contributed by atoms with E-state index in [0.29, 0.717) is 5.56 Å². The van der Waals surface area contributed by atoms with Crippen LogP contribution in [0.4, 0.5) is 0 Å². The fraction of sp³-hybridized carbons (Fsp3) is 0.0667. The predicted octanol–water partition coefficient (Wildman–Crippen LogP) is 1.09. The molecule has 1 aromatic carbocycles. The van der Waals surface area contributed by atoms with Gasteiger partial charge in [-0.3, -0.25) is 15.1 Å². The Balaban J connectivity index is 1.98. The van der Waals surface area contributed by atoms with E-state index in [0.717, 1.165) is 16.6 Å². The average Bonchev–Trinajstić information content (AvgIpc) is 3.04. The van der Waals surface area contributed by atoms with Crippen molar-refractivity contribution < 1.29 is 4.79 Å². The number of hydrogen-bond donors (Lipinski definition) is 2. The Morgan fingerprint density at radius 3 is 2.95 bits per heavy atom. The Kier molecular flexibility index (Phi) is 3.53. The molecule has 0 aliphatic heterocycles. The molecular formula is C15H14N6O. The molecule has 1 amide bonds. The van der Waals surface area contributed by atoms with Crippen molar-refractivity contribution in [1.29, 1.82) is 0 Å². The molecule has 0 aliphatic carbocycles. The van der Waals surface area contributed by atoms with Crippen molar-refractivity contribution in [3.05, 3.63) is 54.5 Å². The van der Waals surface area contributed by atoms with Crippen molar-refractivity contribution in [3.63, 3.8) is 0 Å². The molecule has 7 nitrogen and oxygen atoms in total. The maximum atomic E-state index is 12.0. The molecule has 2 heterocycles. The molecule has 3 rings (SSSR count). The minimum absolute atomic E-state index is 0.0776. The van der Waals surface area contributed by atoms with Crippen LogP contribution >= 0.6 is 0 Å². The van der Waals surface area contributed by atoms with E-state index in [9.17, 15) is 4.79 Å². The quantitative estimate of drug-likeness (QED) is 0.546. The normalized spacial score (nSPS) is 11.6. The Morgan fingerprint density at radius 1 is 1.32 bits per heavy atom. The number of guanidine groups is 1. The van der Waals surface area contributed by atoms with Gasteiger partial charge in [0.05, 0.1) is 23.0 Å². The van der Waals surface area contributed by atoms with Gasteiger partial charge in [-0.2, -0.15) is 10.2 Å². The highest BCUT2D eigenvalue weighted by Gasteiger charge is 2.10. The second-order valence-electron chi connectivity index (χ2n) is 4.62. The third-order valence-corrected chi connectivity index (χ3v) is 3.24. The SMILES string of the molecule is CN=C(N)NC(=O)c1ccn(-c2cnnc3ccccc23)c1. The molecule has 22 heavy (non-hydrogen) atoms. The van der Waals surface area contributed by atoms with Gasteiger partial charge in [0, 0.05) is 24.8 Å². The number of amides is 1. The highest BCUT2D eigenvalue weighted by atomic mass is 16.1. The van der Waals surface area contributed by atoms with E-state index >= 15 is 0 Å². The van der Waals surface area contributed by atoms with Crippen molar-refractivity contribution in [2.24, 2.45) is 10.7 Å². The Bertz CT molecular complexity index is 862. The summed E-state index contributed by atoms with van der Waals surface area (Å²) in [5.74, 6) is -0.234. The van der Waals surface area contributed by atoms with Crippen LogP contribution in [0.15, 0.2) is 53.9 Å². The number of rotatable bonds is 2. The first-order chi connectivity index (χ1) is 10.7. The summed E-state index contributed by atoms with van der Waals surface area (Å²) in [6, 6.07) is 9.39. The van der Waals surface area contributed by atoms with E-state index in [1.165, 1.54) is 7.05 Å². The number of aliphatic imine (C=N–C) groups is 1. The van der Waals surface area contributed by atoms with E-state index in [2.05, 4.69) is 20.5 Å². The zero-order chi connectivity index (χ0) is 15.5. The standard InChI is InChI=1S/C15H14N6O/c1-17-15(16)19-14(22)10-6-7-21(9-10)13-8-18-20-12-5-3-2-4-11(12)13/h2-9H,1H3,(H3,16,17,19,22). The van der Waals surface area contributed by atoms with Crippen molar-refractivity contribution in [2.75, 3.05) is 7.05 Å². The van der Waals surface area contributed by atoms with Crippen LogP contribution in [0.25, 0.3) is 16.6 Å². The number of benzene rings is 1. The molecule has 0 saturated carbocycles. The van der Waals surface area contributed by atoms with Crippen LogP contribution in [0, 0.1) is 0 Å². The van der Waals surface area contributed by atoms with Gasteiger partial charge in [0.1, 0.15) is 0 Å². The van der Waals surface area contributed by atoms with Crippen molar-refractivity contribution >= 4 is 22.8 Å². The molecule has 0 unspecified atom stereocenters. The Labute approximate surface area is 126 Å². The number of aromatic nitrogens is 3. The molecule has 7 heteroatoms. The molecule has 0 saturated heterocycles. The van der Waals surface area contributed by atoms with Crippen LogP contribution in [-0.2, 0) is 0 Å². The monoisotopic (exact) mass is 294 g/mol. The average molecular weight is 294 g/mol. The van der Waals surface area contributed by atoms with E-state index < -0.39 is 0 Å². The smallest absolute Gasteiger partial charge is 0.259 e. The number of nitrogens with zero attached hydrogens (tertiary/aromatic N) is 4. The number of carbonyl (C=O) groups excluding carboxylic acids is 1. The van der Waals surface area contributed by atoms with Crippen LogP contribution in [0.5, 0.6) is 0 Å². The molecule has 0 spiro atoms. The lowest BCUT2D eigenvalue weighted by Gasteiger charge is -2.06. The minimum Gasteiger partial charge on any atom is -0.370 e. The summed E-state index contributed by atoms with van der Waals surface area (Å²) >= 11 is 0. The van der Waals surface area contributed by atoms with Gasteiger partial charge in [-0.05, 0) is 12.1 Å². The highest BCUT2D eigenvalue weighted by Crippen LogP contribution is 2.19. The Hall–Kier alpha value is -3.22. The largest absolute Gasteiger partial charge is 0.370 e. The lowest BCUT2D eigenvalue weighted by Crippen LogP contribution is -2.36. The van der Waals surface area contributed by atoms with Crippen LogP contribution in [0.2, 0.25) is 0 Å². The summed E-state index contributed by atoms with van der Waals surface area (Å²) in [6.07, 6.45) is 5.16. The zero-order valence-corrected chi connectivity index (χ0v) is 11.9. The van der Waals surface area contributed by atoms with E-state index in [-0.39, 0.29) is 11.9 Å². The third-order valence-electron chi connectivity index (χ3n) is 3.24. The first kappa shape index (κ1) is 13.7. The lowest BCUT2D eigenvalue weighted by atomic mass is 10.2. The first-order valence-electron chi connectivity index (χ1n) is 6.61. The predicted molar refractivity (Wildman–Crippen MR) is 83.9 cm³/mol. The minimum atomic E-state index is -0.312. The van der Waals surface area contributed by atoms with Crippen LogP contribution in [-0.4, -0.2) is 33.7 Å². The lowest BCUT2D eigenvalue weighted by molar-refractivity contribution is 0.0976. The van der Waals surface area contributed by atoms with E-state index in [4.69, 9.17) is 5.73 Å². The summed E-state index contributed by atoms with van der Waals surface area (Å²) < 4.78 is 1.82. The number of nitrogens with one attached hydrogen (secondary N) is 1. The van der Waals surface area contributed by atoms with Gasteiger partial charge < -0.3 is 10.3 Å². The fourth-order valence-corrected chi connectivity index (χ4v) is 2.12. The molecule has 0 radical (unpaired) electrons. The summed E-state index contributed by atoms with van der Waals surface area (Å²) in [5.41, 5.74) is 7.62. The van der Waals surface area contributed by atoms with Crippen LogP contribution in [0.1, 0.15) is 10.4 Å². The number of nitrogens with two attached hydrogens (primary N) is 1. The number of carbonyl (C=O) groups is 1.